The Labute approximate surface area is 165 Å². The second-order valence-electron chi connectivity index (χ2n) is 5.39. The van der Waals surface area contributed by atoms with Crippen molar-refractivity contribution in [2.45, 2.75) is 4.90 Å². The van der Waals surface area contributed by atoms with E-state index in [0.29, 0.717) is 5.69 Å². The average molecular weight is 420 g/mol. The van der Waals surface area contributed by atoms with Gasteiger partial charge in [-0.1, -0.05) is 18.2 Å². The molecule has 0 aliphatic heterocycles. The first-order valence-electron chi connectivity index (χ1n) is 7.74. The minimum absolute atomic E-state index is 0.0701. The van der Waals surface area contributed by atoms with Gasteiger partial charge in [0.1, 0.15) is 0 Å². The van der Waals surface area contributed by atoms with E-state index in [4.69, 9.17) is 16.7 Å². The van der Waals surface area contributed by atoms with E-state index in [1.165, 1.54) is 24.3 Å². The van der Waals surface area contributed by atoms with Gasteiger partial charge in [-0.3, -0.25) is 5.32 Å². The maximum absolute atomic E-state index is 12.1. The molecule has 3 aromatic rings. The van der Waals surface area contributed by atoms with Crippen LogP contribution in [0.15, 0.2) is 59.5 Å². The molecule has 0 fully saturated rings. The molecule has 0 aliphatic carbocycles. The van der Waals surface area contributed by atoms with E-state index in [1.807, 2.05) is 30.3 Å². The molecule has 0 radical (unpaired) electrons. The average Bonchev–Trinajstić information content (AvgIpc) is 2.61. The lowest BCUT2D eigenvalue weighted by Crippen LogP contribution is -2.21. The van der Waals surface area contributed by atoms with Crippen molar-refractivity contribution in [1.82, 2.24) is 15.0 Å². The summed E-state index contributed by atoms with van der Waals surface area (Å²) >= 11 is 5.88. The number of hydrogen-bond acceptors (Lipinski definition) is 7. The van der Waals surface area contributed by atoms with Crippen molar-refractivity contribution in [1.29, 1.82) is 0 Å². The number of sulfonamides is 1. The van der Waals surface area contributed by atoms with Gasteiger partial charge in [-0.25, -0.2) is 18.4 Å². The van der Waals surface area contributed by atoms with Gasteiger partial charge < -0.3 is 10.6 Å². The van der Waals surface area contributed by atoms with E-state index in [0.717, 1.165) is 5.69 Å². The van der Waals surface area contributed by atoms with Crippen LogP contribution in [0, 0.1) is 0 Å². The summed E-state index contributed by atoms with van der Waals surface area (Å²) in [6.45, 7) is 0. The highest BCUT2D eigenvalue weighted by Gasteiger charge is 2.11. The Hall–Kier alpha value is -3.28. The molecular weight excluding hydrogens is 406 g/mol. The Morgan fingerprint density at radius 1 is 0.857 bits per heavy atom. The van der Waals surface area contributed by atoms with Gasteiger partial charge in [0.2, 0.25) is 27.2 Å². The van der Waals surface area contributed by atoms with Crippen LogP contribution in [0.25, 0.3) is 0 Å². The van der Waals surface area contributed by atoms with E-state index in [9.17, 15) is 13.2 Å². The Kier molecular flexibility index (Phi) is 5.68. The zero-order valence-corrected chi connectivity index (χ0v) is 15.7. The van der Waals surface area contributed by atoms with E-state index in [1.54, 1.807) is 0 Å². The third kappa shape index (κ3) is 5.36. The third-order valence-electron chi connectivity index (χ3n) is 3.30. The second-order valence-corrected chi connectivity index (χ2v) is 7.29. The van der Waals surface area contributed by atoms with Crippen LogP contribution < -0.4 is 21.1 Å². The topological polar surface area (TPSA) is 152 Å². The summed E-state index contributed by atoms with van der Waals surface area (Å²) in [4.78, 5) is 23.9. The summed E-state index contributed by atoms with van der Waals surface area (Å²) in [5.74, 6) is 0.0797. The fourth-order valence-electron chi connectivity index (χ4n) is 2.10. The Morgan fingerprint density at radius 3 is 2.14 bits per heavy atom. The maximum Gasteiger partial charge on any atom is 0.326 e. The number of nitrogens with one attached hydrogen (secondary N) is 3. The first-order chi connectivity index (χ1) is 13.3. The fourth-order valence-corrected chi connectivity index (χ4v) is 2.78. The van der Waals surface area contributed by atoms with Gasteiger partial charge in [0.05, 0.1) is 4.90 Å². The van der Waals surface area contributed by atoms with Gasteiger partial charge in [-0.05, 0) is 48.0 Å². The highest BCUT2D eigenvalue weighted by Crippen LogP contribution is 2.16. The summed E-state index contributed by atoms with van der Waals surface area (Å²) in [6, 6.07) is 13.8. The first-order valence-corrected chi connectivity index (χ1v) is 9.66. The fraction of sp³-hybridized carbons (Fsp3) is 0. The number of amides is 2. The SMILES string of the molecule is NS(=O)(=O)c1ccc(NC(=O)Nc2nc(Cl)nc(Nc3ccccc3)n2)cc1. The van der Waals surface area contributed by atoms with Gasteiger partial charge in [0.15, 0.2) is 0 Å². The molecular formula is C16H14ClN7O3S. The normalized spacial score (nSPS) is 10.9. The predicted molar refractivity (Wildman–Crippen MR) is 105 cm³/mol. The zero-order valence-electron chi connectivity index (χ0n) is 14.1. The number of hydrogen-bond donors (Lipinski definition) is 4. The molecule has 0 aliphatic rings. The van der Waals surface area contributed by atoms with Crippen molar-refractivity contribution in [3.8, 4) is 0 Å². The number of carbonyl (C=O) groups is 1. The highest BCUT2D eigenvalue weighted by molar-refractivity contribution is 7.89. The Morgan fingerprint density at radius 2 is 1.50 bits per heavy atom. The number of para-hydroxylation sites is 1. The van der Waals surface area contributed by atoms with Crippen molar-refractivity contribution in [3.63, 3.8) is 0 Å². The first kappa shape index (κ1) is 19.5. The van der Waals surface area contributed by atoms with Crippen LogP contribution in [-0.4, -0.2) is 29.4 Å². The molecule has 0 saturated heterocycles. The smallest absolute Gasteiger partial charge is 0.324 e. The van der Waals surface area contributed by atoms with Crippen molar-refractivity contribution in [2.24, 2.45) is 5.14 Å². The Bertz CT molecular complexity index is 1090. The standard InChI is InChI=1S/C16H14ClN7O3S/c17-13-21-14(19-10-4-2-1-3-5-10)23-15(22-13)24-16(25)20-11-6-8-12(9-7-11)28(18,26)27/h1-9H,(H2,18,26,27)(H3,19,20,21,22,23,24,25). The lowest BCUT2D eigenvalue weighted by atomic mass is 10.3. The number of benzene rings is 2. The molecule has 0 spiro atoms. The van der Waals surface area contributed by atoms with Crippen molar-refractivity contribution >= 4 is 50.9 Å². The minimum atomic E-state index is -3.81. The zero-order chi connectivity index (χ0) is 20.1. The molecule has 144 valence electrons. The van der Waals surface area contributed by atoms with Crippen molar-refractivity contribution in [3.05, 3.63) is 59.9 Å². The lowest BCUT2D eigenvalue weighted by molar-refractivity contribution is 0.262. The lowest BCUT2D eigenvalue weighted by Gasteiger charge is -2.09. The largest absolute Gasteiger partial charge is 0.326 e. The number of anilines is 4. The van der Waals surface area contributed by atoms with E-state index in [-0.39, 0.29) is 22.1 Å². The van der Waals surface area contributed by atoms with Crippen LogP contribution >= 0.6 is 11.6 Å². The van der Waals surface area contributed by atoms with Crippen LogP contribution in [0.2, 0.25) is 5.28 Å². The van der Waals surface area contributed by atoms with Crippen LogP contribution in [0.5, 0.6) is 0 Å². The number of halogens is 1. The molecule has 0 bridgehead atoms. The number of urea groups is 1. The number of carbonyl (C=O) groups excluding carboxylic acids is 1. The maximum atomic E-state index is 12.1. The summed E-state index contributed by atoms with van der Waals surface area (Å²) in [5, 5.41) is 12.8. The third-order valence-corrected chi connectivity index (χ3v) is 4.40. The molecule has 1 aromatic heterocycles. The van der Waals surface area contributed by atoms with Crippen LogP contribution in [-0.2, 0) is 10.0 Å². The summed E-state index contributed by atoms with van der Waals surface area (Å²) in [5.41, 5.74) is 1.07. The van der Waals surface area contributed by atoms with Gasteiger partial charge in [-0.2, -0.15) is 15.0 Å². The molecule has 1 heterocycles. The molecule has 0 atom stereocenters. The molecule has 5 N–H and O–H groups in total. The summed E-state index contributed by atoms with van der Waals surface area (Å²) < 4.78 is 22.5. The molecule has 0 unspecified atom stereocenters. The van der Waals surface area contributed by atoms with E-state index in [2.05, 4.69) is 30.9 Å². The summed E-state index contributed by atoms with van der Waals surface area (Å²) in [7, 11) is -3.81. The monoisotopic (exact) mass is 419 g/mol. The van der Waals surface area contributed by atoms with Gasteiger partial charge >= 0.3 is 6.03 Å². The van der Waals surface area contributed by atoms with Crippen molar-refractivity contribution < 1.29 is 13.2 Å². The molecule has 12 heteroatoms. The molecule has 3 rings (SSSR count). The van der Waals surface area contributed by atoms with E-state index < -0.39 is 16.1 Å². The molecule has 2 amide bonds. The van der Waals surface area contributed by atoms with Crippen molar-refractivity contribution in [2.75, 3.05) is 16.0 Å². The number of rotatable bonds is 5. The molecule has 2 aromatic carbocycles. The summed E-state index contributed by atoms with van der Waals surface area (Å²) in [6.07, 6.45) is 0. The van der Waals surface area contributed by atoms with Crippen LogP contribution in [0.3, 0.4) is 0 Å². The minimum Gasteiger partial charge on any atom is -0.324 e. The second kappa shape index (κ2) is 8.17. The van der Waals surface area contributed by atoms with Gasteiger partial charge in [0.25, 0.3) is 0 Å². The number of aromatic nitrogens is 3. The number of nitrogens with two attached hydrogens (primary N) is 1. The Balaban J connectivity index is 1.68. The number of primary sulfonamides is 1. The van der Waals surface area contributed by atoms with Crippen LogP contribution in [0.1, 0.15) is 0 Å². The van der Waals surface area contributed by atoms with Gasteiger partial charge in [-0.15, -0.1) is 0 Å². The molecule has 10 nitrogen and oxygen atoms in total. The quantitative estimate of drug-likeness (QED) is 0.495. The van der Waals surface area contributed by atoms with Gasteiger partial charge in [0, 0.05) is 11.4 Å². The molecule has 28 heavy (non-hydrogen) atoms. The highest BCUT2D eigenvalue weighted by atomic mass is 35.5. The number of nitrogens with zero attached hydrogens (tertiary/aromatic N) is 3. The molecule has 0 saturated carbocycles. The van der Waals surface area contributed by atoms with E-state index >= 15 is 0 Å². The van der Waals surface area contributed by atoms with Crippen LogP contribution in [0.4, 0.5) is 28.1 Å². The predicted octanol–water partition coefficient (Wildman–Crippen LogP) is 2.56.